The van der Waals surface area contributed by atoms with Gasteiger partial charge in [0, 0.05) is 13.2 Å². The highest BCUT2D eigenvalue weighted by Crippen LogP contribution is 2.11. The van der Waals surface area contributed by atoms with Gasteiger partial charge >= 0.3 is 0 Å². The van der Waals surface area contributed by atoms with Crippen molar-refractivity contribution in [2.45, 2.75) is 45.3 Å². The van der Waals surface area contributed by atoms with Gasteiger partial charge in [0.25, 0.3) is 0 Å². The Bertz CT molecular complexity index is 122. The van der Waals surface area contributed by atoms with E-state index in [1.54, 1.807) is 0 Å². The molecule has 0 saturated carbocycles. The number of hydrogen-bond acceptors (Lipinski definition) is 3. The minimum atomic E-state index is 0.0608. The molecule has 1 aliphatic heterocycles. The van der Waals surface area contributed by atoms with Crippen LogP contribution in [0.2, 0.25) is 0 Å². The van der Waals surface area contributed by atoms with E-state index in [0.29, 0.717) is 0 Å². The lowest BCUT2D eigenvalue weighted by Gasteiger charge is -2.08. The zero-order valence-corrected chi connectivity index (χ0v) is 9.17. The van der Waals surface area contributed by atoms with Gasteiger partial charge in [0.1, 0.15) is 0 Å². The number of hydrogen-bond donors (Lipinski definition) is 0. The molecule has 0 spiro atoms. The molecule has 0 atom stereocenters. The second-order valence-electron chi connectivity index (χ2n) is 3.63. The van der Waals surface area contributed by atoms with Crippen LogP contribution in [-0.2, 0) is 14.2 Å². The quantitative estimate of drug-likeness (QED) is 0.565. The molecule has 0 radical (unpaired) electrons. The summed E-state index contributed by atoms with van der Waals surface area (Å²) in [5, 5.41) is 0. The van der Waals surface area contributed by atoms with Crippen LogP contribution in [0, 0.1) is 0 Å². The van der Waals surface area contributed by atoms with Crippen LogP contribution >= 0.6 is 0 Å². The lowest BCUT2D eigenvalue weighted by atomic mass is 10.2. The molecular formula is C11H22O3. The van der Waals surface area contributed by atoms with E-state index in [1.807, 2.05) is 0 Å². The summed E-state index contributed by atoms with van der Waals surface area (Å²) in [4.78, 5) is 0. The summed E-state index contributed by atoms with van der Waals surface area (Å²) in [5.41, 5.74) is 0. The zero-order valence-electron chi connectivity index (χ0n) is 9.17. The van der Waals surface area contributed by atoms with Crippen molar-refractivity contribution in [3.63, 3.8) is 0 Å². The second kappa shape index (κ2) is 8.21. The van der Waals surface area contributed by atoms with E-state index in [0.717, 1.165) is 45.7 Å². The standard InChI is InChI=1S/C11H22O3/c1-2-3-7-12-8-5-4-6-11-13-9-10-14-11/h11H,2-10H2,1H3. The molecular weight excluding hydrogens is 180 g/mol. The van der Waals surface area contributed by atoms with Crippen LogP contribution in [-0.4, -0.2) is 32.7 Å². The van der Waals surface area contributed by atoms with Crippen molar-refractivity contribution in [3.8, 4) is 0 Å². The fourth-order valence-corrected chi connectivity index (χ4v) is 1.44. The molecule has 1 saturated heterocycles. The van der Waals surface area contributed by atoms with Crippen LogP contribution in [0.15, 0.2) is 0 Å². The van der Waals surface area contributed by atoms with Gasteiger partial charge < -0.3 is 14.2 Å². The van der Waals surface area contributed by atoms with Crippen molar-refractivity contribution >= 4 is 0 Å². The van der Waals surface area contributed by atoms with Crippen LogP contribution < -0.4 is 0 Å². The van der Waals surface area contributed by atoms with Crippen LogP contribution in [0.1, 0.15) is 39.0 Å². The molecule has 14 heavy (non-hydrogen) atoms. The average molecular weight is 202 g/mol. The zero-order chi connectivity index (χ0) is 10.1. The molecule has 0 unspecified atom stereocenters. The molecule has 0 amide bonds. The molecule has 1 fully saturated rings. The number of ether oxygens (including phenoxy) is 3. The molecule has 0 aromatic rings. The Hall–Kier alpha value is -0.120. The SMILES string of the molecule is CCCCOCCCCC1OCCO1. The Morgan fingerprint density at radius 3 is 2.50 bits per heavy atom. The predicted molar refractivity (Wildman–Crippen MR) is 55.3 cm³/mol. The first-order valence-electron chi connectivity index (χ1n) is 5.74. The van der Waals surface area contributed by atoms with Crippen LogP contribution in [0.3, 0.4) is 0 Å². The van der Waals surface area contributed by atoms with E-state index in [2.05, 4.69) is 6.92 Å². The van der Waals surface area contributed by atoms with E-state index in [1.165, 1.54) is 12.8 Å². The normalized spacial score (nSPS) is 17.8. The van der Waals surface area contributed by atoms with Gasteiger partial charge in [-0.3, -0.25) is 0 Å². The predicted octanol–water partition coefficient (Wildman–Crippen LogP) is 2.35. The van der Waals surface area contributed by atoms with Crippen molar-refractivity contribution in [2.24, 2.45) is 0 Å². The topological polar surface area (TPSA) is 27.7 Å². The lowest BCUT2D eigenvalue weighted by Crippen LogP contribution is -2.07. The Labute approximate surface area is 86.7 Å². The van der Waals surface area contributed by atoms with Crippen molar-refractivity contribution in [2.75, 3.05) is 26.4 Å². The highest BCUT2D eigenvalue weighted by Gasteiger charge is 2.14. The van der Waals surface area contributed by atoms with E-state index < -0.39 is 0 Å². The lowest BCUT2D eigenvalue weighted by molar-refractivity contribution is -0.0488. The summed E-state index contributed by atoms with van der Waals surface area (Å²) >= 11 is 0. The summed E-state index contributed by atoms with van der Waals surface area (Å²) < 4.78 is 16.1. The molecule has 0 aromatic heterocycles. The van der Waals surface area contributed by atoms with Gasteiger partial charge in [0.15, 0.2) is 6.29 Å². The van der Waals surface area contributed by atoms with Gasteiger partial charge in [-0.25, -0.2) is 0 Å². The second-order valence-corrected chi connectivity index (χ2v) is 3.63. The third-order valence-corrected chi connectivity index (χ3v) is 2.31. The minimum absolute atomic E-state index is 0.0608. The smallest absolute Gasteiger partial charge is 0.157 e. The van der Waals surface area contributed by atoms with Crippen molar-refractivity contribution in [3.05, 3.63) is 0 Å². The van der Waals surface area contributed by atoms with E-state index >= 15 is 0 Å². The summed E-state index contributed by atoms with van der Waals surface area (Å²) in [6, 6.07) is 0. The largest absolute Gasteiger partial charge is 0.381 e. The van der Waals surface area contributed by atoms with Crippen LogP contribution in [0.25, 0.3) is 0 Å². The molecule has 1 heterocycles. The maximum absolute atomic E-state index is 5.46. The first-order chi connectivity index (χ1) is 6.93. The first-order valence-corrected chi connectivity index (χ1v) is 5.74. The highest BCUT2D eigenvalue weighted by molar-refractivity contribution is 4.52. The van der Waals surface area contributed by atoms with Crippen LogP contribution in [0.4, 0.5) is 0 Å². The molecule has 0 bridgehead atoms. The molecule has 0 aromatic carbocycles. The monoisotopic (exact) mass is 202 g/mol. The van der Waals surface area contributed by atoms with E-state index in [9.17, 15) is 0 Å². The van der Waals surface area contributed by atoms with Gasteiger partial charge in [0.2, 0.25) is 0 Å². The minimum Gasteiger partial charge on any atom is -0.381 e. The molecule has 0 aliphatic carbocycles. The average Bonchev–Trinajstić information content (AvgIpc) is 2.69. The molecule has 3 heteroatoms. The number of unbranched alkanes of at least 4 members (excludes halogenated alkanes) is 2. The van der Waals surface area contributed by atoms with Gasteiger partial charge in [-0.2, -0.15) is 0 Å². The Morgan fingerprint density at radius 2 is 1.79 bits per heavy atom. The molecule has 84 valence electrons. The van der Waals surface area contributed by atoms with Crippen molar-refractivity contribution in [1.29, 1.82) is 0 Å². The molecule has 0 N–H and O–H groups in total. The molecule has 1 rings (SSSR count). The van der Waals surface area contributed by atoms with Gasteiger partial charge in [0.05, 0.1) is 13.2 Å². The van der Waals surface area contributed by atoms with E-state index in [-0.39, 0.29) is 6.29 Å². The Kier molecular flexibility index (Phi) is 7.01. The molecule has 3 nitrogen and oxygen atoms in total. The summed E-state index contributed by atoms with van der Waals surface area (Å²) in [5.74, 6) is 0. The van der Waals surface area contributed by atoms with Gasteiger partial charge in [-0.15, -0.1) is 0 Å². The van der Waals surface area contributed by atoms with E-state index in [4.69, 9.17) is 14.2 Å². The van der Waals surface area contributed by atoms with Crippen molar-refractivity contribution in [1.82, 2.24) is 0 Å². The van der Waals surface area contributed by atoms with Crippen LogP contribution in [0.5, 0.6) is 0 Å². The first kappa shape index (κ1) is 12.0. The number of rotatable bonds is 8. The summed E-state index contributed by atoms with van der Waals surface area (Å²) in [6.45, 7) is 5.49. The van der Waals surface area contributed by atoms with Gasteiger partial charge in [-0.1, -0.05) is 13.3 Å². The van der Waals surface area contributed by atoms with Gasteiger partial charge in [-0.05, 0) is 25.7 Å². The highest BCUT2D eigenvalue weighted by atomic mass is 16.7. The Morgan fingerprint density at radius 1 is 1.07 bits per heavy atom. The third kappa shape index (κ3) is 5.58. The third-order valence-electron chi connectivity index (χ3n) is 2.31. The fraction of sp³-hybridized carbons (Fsp3) is 1.00. The fourth-order valence-electron chi connectivity index (χ4n) is 1.44. The maximum atomic E-state index is 5.46. The Balaban J connectivity index is 1.75. The maximum Gasteiger partial charge on any atom is 0.157 e. The summed E-state index contributed by atoms with van der Waals surface area (Å²) in [6.07, 6.45) is 5.71. The van der Waals surface area contributed by atoms with Crippen molar-refractivity contribution < 1.29 is 14.2 Å². The summed E-state index contributed by atoms with van der Waals surface area (Å²) in [7, 11) is 0. The molecule has 1 aliphatic rings.